The minimum Gasteiger partial charge on any atom is -0.308 e. The molecule has 0 spiro atoms. The molecule has 1 atom stereocenters. The fourth-order valence-electron chi connectivity index (χ4n) is 3.42. The second-order valence-corrected chi connectivity index (χ2v) is 9.57. The van der Waals surface area contributed by atoms with E-state index in [1.165, 1.54) is 18.3 Å². The van der Waals surface area contributed by atoms with Gasteiger partial charge in [0.25, 0.3) is 5.91 Å². The van der Waals surface area contributed by atoms with Gasteiger partial charge < -0.3 is 4.90 Å². The first-order chi connectivity index (χ1) is 15.0. The van der Waals surface area contributed by atoms with Crippen LogP contribution in [-0.4, -0.2) is 28.6 Å². The van der Waals surface area contributed by atoms with Crippen LogP contribution in [0.15, 0.2) is 70.9 Å². The highest BCUT2D eigenvalue weighted by atomic mass is 32.2. The molecule has 0 bridgehead atoms. The van der Waals surface area contributed by atoms with Gasteiger partial charge in [0.2, 0.25) is 5.91 Å². The third kappa shape index (κ3) is 4.89. The van der Waals surface area contributed by atoms with Gasteiger partial charge in [-0.15, -0.1) is 23.1 Å². The minimum absolute atomic E-state index is 0.0665. The molecule has 2 amide bonds. The topological polar surface area (TPSA) is 53.5 Å². The van der Waals surface area contributed by atoms with Gasteiger partial charge in [0.1, 0.15) is 0 Å². The van der Waals surface area contributed by atoms with Crippen molar-refractivity contribution >= 4 is 57.5 Å². The number of amides is 2. The molecule has 1 aromatic heterocycles. The summed E-state index contributed by atoms with van der Waals surface area (Å²) >= 11 is 3.18. The molecule has 2 aromatic carbocycles. The van der Waals surface area contributed by atoms with Gasteiger partial charge in [-0.25, -0.2) is 4.98 Å². The van der Waals surface area contributed by atoms with Gasteiger partial charge in [0.05, 0.1) is 17.1 Å². The zero-order valence-electron chi connectivity index (χ0n) is 17.4. The highest BCUT2D eigenvalue weighted by Crippen LogP contribution is 2.37. The van der Waals surface area contributed by atoms with E-state index in [0.717, 1.165) is 22.7 Å². The summed E-state index contributed by atoms with van der Waals surface area (Å²) in [6, 6.07) is 17.5. The first kappa shape index (κ1) is 21.3. The lowest BCUT2D eigenvalue weighted by atomic mass is 10.2. The Labute approximate surface area is 190 Å². The van der Waals surface area contributed by atoms with Crippen LogP contribution in [0, 0.1) is 0 Å². The molecule has 3 aromatic rings. The third-order valence-corrected chi connectivity index (χ3v) is 7.02. The van der Waals surface area contributed by atoms with E-state index in [-0.39, 0.29) is 11.8 Å². The molecule has 0 N–H and O–H groups in total. The fraction of sp³-hybridized carbons (Fsp3) is 0.208. The number of thioether (sulfide) groups is 1. The highest BCUT2D eigenvalue weighted by molar-refractivity contribution is 8.00. The molecule has 0 saturated carbocycles. The molecule has 1 unspecified atom stereocenters. The van der Waals surface area contributed by atoms with Gasteiger partial charge in [-0.05, 0) is 36.8 Å². The van der Waals surface area contributed by atoms with Crippen LogP contribution in [0.5, 0.6) is 0 Å². The second-order valence-electron chi connectivity index (χ2n) is 7.25. The molecule has 5 nitrogen and oxygen atoms in total. The van der Waals surface area contributed by atoms with Gasteiger partial charge in [-0.1, -0.05) is 37.3 Å². The quantitative estimate of drug-likeness (QED) is 0.475. The first-order valence-electron chi connectivity index (χ1n) is 10.1. The maximum atomic E-state index is 13.0. The van der Waals surface area contributed by atoms with Crippen molar-refractivity contribution in [2.24, 2.45) is 0 Å². The summed E-state index contributed by atoms with van der Waals surface area (Å²) in [5.41, 5.74) is 2.38. The van der Waals surface area contributed by atoms with Crippen molar-refractivity contribution in [1.29, 1.82) is 0 Å². The smallest absolute Gasteiger partial charge is 0.251 e. The molecule has 0 aliphatic carbocycles. The van der Waals surface area contributed by atoms with E-state index in [1.807, 2.05) is 70.6 Å². The van der Waals surface area contributed by atoms with E-state index >= 15 is 0 Å². The fourth-order valence-corrected chi connectivity index (χ4v) is 5.39. The predicted molar refractivity (Wildman–Crippen MR) is 129 cm³/mol. The van der Waals surface area contributed by atoms with Gasteiger partial charge in [-0.3, -0.25) is 14.5 Å². The molecule has 31 heavy (non-hydrogen) atoms. The summed E-state index contributed by atoms with van der Waals surface area (Å²) in [6.45, 7) is 4.39. The standard InChI is InChI=1S/C24H23N3O2S2/c1-17-14-15-26(21-10-6-7-11-22(21)31-17)23(29)13-12-19-16-30-24(25-19)27(18(2)28)20-8-4-3-5-9-20/h3-13,16-17H,14-15H2,1-2H3/b13-12+. The zero-order chi connectivity index (χ0) is 21.8. The predicted octanol–water partition coefficient (Wildman–Crippen LogP) is 5.76. The summed E-state index contributed by atoms with van der Waals surface area (Å²) < 4.78 is 0. The lowest BCUT2D eigenvalue weighted by molar-refractivity contribution is -0.116. The number of fused-ring (bicyclic) bond motifs is 1. The normalized spacial score (nSPS) is 16.1. The number of thiazole rings is 1. The van der Waals surface area contributed by atoms with Crippen LogP contribution in [0.25, 0.3) is 6.08 Å². The summed E-state index contributed by atoms with van der Waals surface area (Å²) in [5.74, 6) is -0.178. The average Bonchev–Trinajstić information content (AvgIpc) is 3.15. The maximum Gasteiger partial charge on any atom is 0.251 e. The first-order valence-corrected chi connectivity index (χ1v) is 11.9. The van der Waals surface area contributed by atoms with Crippen molar-refractivity contribution < 1.29 is 9.59 Å². The Balaban J connectivity index is 1.54. The number of carbonyl (C=O) groups excluding carboxylic acids is 2. The Kier molecular flexibility index (Phi) is 6.53. The number of hydrogen-bond donors (Lipinski definition) is 0. The number of carbonyl (C=O) groups is 2. The van der Waals surface area contributed by atoms with Crippen molar-refractivity contribution in [3.05, 3.63) is 71.7 Å². The average molecular weight is 450 g/mol. The van der Waals surface area contributed by atoms with E-state index in [4.69, 9.17) is 0 Å². The second kappa shape index (κ2) is 9.49. The van der Waals surface area contributed by atoms with Crippen LogP contribution >= 0.6 is 23.1 Å². The molecule has 4 rings (SSSR count). The van der Waals surface area contributed by atoms with Gasteiger partial charge in [0.15, 0.2) is 5.13 Å². The van der Waals surface area contributed by atoms with Crippen LogP contribution in [0.2, 0.25) is 0 Å². The number of anilines is 3. The number of benzene rings is 2. The van der Waals surface area contributed by atoms with Gasteiger partial charge in [-0.2, -0.15) is 0 Å². The molecule has 1 aliphatic heterocycles. The zero-order valence-corrected chi connectivity index (χ0v) is 19.0. The monoisotopic (exact) mass is 449 g/mol. The van der Waals surface area contributed by atoms with E-state index < -0.39 is 0 Å². The van der Waals surface area contributed by atoms with Crippen molar-refractivity contribution in [1.82, 2.24) is 4.98 Å². The van der Waals surface area contributed by atoms with Crippen LogP contribution < -0.4 is 9.80 Å². The number of rotatable bonds is 4. The summed E-state index contributed by atoms with van der Waals surface area (Å²) in [7, 11) is 0. The summed E-state index contributed by atoms with van der Waals surface area (Å²) in [5, 5.41) is 2.89. The highest BCUT2D eigenvalue weighted by Gasteiger charge is 2.23. The lowest BCUT2D eigenvalue weighted by Crippen LogP contribution is -2.30. The molecular formula is C24H23N3O2S2. The Morgan fingerprint density at radius 2 is 1.87 bits per heavy atom. The van der Waals surface area contributed by atoms with Crippen molar-refractivity contribution in [2.45, 2.75) is 30.4 Å². The number of nitrogens with zero attached hydrogens (tertiary/aromatic N) is 3. The molecule has 0 saturated heterocycles. The molecule has 7 heteroatoms. The minimum atomic E-state index is -0.111. The van der Waals surface area contributed by atoms with E-state index in [0.29, 0.717) is 22.6 Å². The summed E-state index contributed by atoms with van der Waals surface area (Å²) in [6.07, 6.45) is 4.22. The molecule has 1 aliphatic rings. The van der Waals surface area contributed by atoms with Crippen LogP contribution in [0.4, 0.5) is 16.5 Å². The molecular weight excluding hydrogens is 426 g/mol. The van der Waals surface area contributed by atoms with E-state index in [2.05, 4.69) is 18.0 Å². The van der Waals surface area contributed by atoms with Crippen LogP contribution in [-0.2, 0) is 9.59 Å². The van der Waals surface area contributed by atoms with E-state index in [1.54, 1.807) is 17.1 Å². The molecule has 0 fully saturated rings. The molecule has 158 valence electrons. The van der Waals surface area contributed by atoms with Crippen molar-refractivity contribution in [3.8, 4) is 0 Å². The van der Waals surface area contributed by atoms with Crippen LogP contribution in [0.3, 0.4) is 0 Å². The summed E-state index contributed by atoms with van der Waals surface area (Å²) in [4.78, 5) is 34.3. The number of aromatic nitrogens is 1. The Morgan fingerprint density at radius 3 is 2.65 bits per heavy atom. The Morgan fingerprint density at radius 1 is 1.13 bits per heavy atom. The SMILES string of the molecule is CC(=O)N(c1ccccc1)c1nc(/C=C/C(=O)N2CCC(C)Sc3ccccc32)cs1. The van der Waals surface area contributed by atoms with Crippen molar-refractivity contribution in [2.75, 3.05) is 16.3 Å². The third-order valence-electron chi connectivity index (χ3n) is 4.94. The molecule has 0 radical (unpaired) electrons. The number of hydrogen-bond acceptors (Lipinski definition) is 5. The Hall–Kier alpha value is -2.90. The molecule has 2 heterocycles. The van der Waals surface area contributed by atoms with E-state index in [9.17, 15) is 9.59 Å². The Bertz CT molecular complexity index is 1110. The van der Waals surface area contributed by atoms with Gasteiger partial charge >= 0.3 is 0 Å². The van der Waals surface area contributed by atoms with Crippen LogP contribution in [0.1, 0.15) is 26.0 Å². The lowest BCUT2D eigenvalue weighted by Gasteiger charge is -2.20. The van der Waals surface area contributed by atoms with Crippen molar-refractivity contribution in [3.63, 3.8) is 0 Å². The largest absolute Gasteiger partial charge is 0.308 e. The number of para-hydroxylation sites is 2. The maximum absolute atomic E-state index is 13.0. The van der Waals surface area contributed by atoms with Gasteiger partial charge in [0, 0.05) is 35.1 Å².